The van der Waals surface area contributed by atoms with Crippen molar-refractivity contribution in [2.45, 2.75) is 52.3 Å². The minimum Gasteiger partial charge on any atom is -0.381 e. The Labute approximate surface area is 121 Å². The number of hydrogen-bond acceptors (Lipinski definition) is 4. The highest BCUT2D eigenvalue weighted by Gasteiger charge is 2.16. The quantitative estimate of drug-likeness (QED) is 0.469. The van der Waals surface area contributed by atoms with Crippen molar-refractivity contribution in [3.63, 3.8) is 0 Å². The van der Waals surface area contributed by atoms with Gasteiger partial charge < -0.3 is 14.8 Å². The minimum atomic E-state index is 0.0314. The normalized spacial score (nSPS) is 12.5. The van der Waals surface area contributed by atoms with E-state index in [4.69, 9.17) is 4.74 Å². The lowest BCUT2D eigenvalue weighted by Crippen LogP contribution is -2.36. The van der Waals surface area contributed by atoms with Gasteiger partial charge in [-0.25, -0.2) is 0 Å². The molecule has 0 aliphatic carbocycles. The van der Waals surface area contributed by atoms with E-state index in [1.807, 2.05) is 6.92 Å². The van der Waals surface area contributed by atoms with Crippen LogP contribution in [0.15, 0.2) is 0 Å². The summed E-state index contributed by atoms with van der Waals surface area (Å²) in [6, 6.07) is 0. The van der Waals surface area contributed by atoms with E-state index >= 15 is 0 Å². The van der Waals surface area contributed by atoms with Gasteiger partial charge in [-0.1, -0.05) is 13.8 Å². The van der Waals surface area contributed by atoms with Crippen LogP contribution >= 0.6 is 11.8 Å². The fraction of sp³-hybridized carbons (Fsp3) is 0.857. The van der Waals surface area contributed by atoms with E-state index in [0.29, 0.717) is 31.8 Å². The van der Waals surface area contributed by atoms with Gasteiger partial charge in [-0.2, -0.15) is 0 Å². The third-order valence-electron chi connectivity index (χ3n) is 2.57. The van der Waals surface area contributed by atoms with Crippen LogP contribution in [0.2, 0.25) is 0 Å². The van der Waals surface area contributed by atoms with Crippen LogP contribution < -0.4 is 5.32 Å². The molecule has 0 saturated heterocycles. The number of amides is 1. The summed E-state index contributed by atoms with van der Waals surface area (Å²) < 4.78 is 5.29. The average molecular weight is 289 g/mol. The SMILES string of the molecule is CCOCCSC(NC(=O)CCCC(C)=O)C(C)C. The second kappa shape index (κ2) is 11.3. The maximum atomic E-state index is 11.8. The Bertz CT molecular complexity index is 269. The highest BCUT2D eigenvalue weighted by Crippen LogP contribution is 2.17. The lowest BCUT2D eigenvalue weighted by molar-refractivity contribution is -0.121. The molecule has 0 bridgehead atoms. The molecular formula is C14H27NO3S. The Kier molecular flexibility index (Phi) is 11.0. The molecule has 19 heavy (non-hydrogen) atoms. The van der Waals surface area contributed by atoms with Crippen LogP contribution in [-0.4, -0.2) is 36.0 Å². The molecule has 4 nitrogen and oxygen atoms in total. The van der Waals surface area contributed by atoms with Gasteiger partial charge in [0.2, 0.25) is 5.91 Å². The van der Waals surface area contributed by atoms with Crippen molar-refractivity contribution < 1.29 is 14.3 Å². The molecule has 1 amide bonds. The first-order valence-electron chi connectivity index (χ1n) is 6.95. The molecule has 0 rings (SSSR count). The molecule has 0 saturated carbocycles. The van der Waals surface area contributed by atoms with E-state index < -0.39 is 0 Å². The van der Waals surface area contributed by atoms with E-state index in [1.54, 1.807) is 18.7 Å². The van der Waals surface area contributed by atoms with Crippen LogP contribution in [0.25, 0.3) is 0 Å². The van der Waals surface area contributed by atoms with Crippen LogP contribution in [0.3, 0.4) is 0 Å². The summed E-state index contributed by atoms with van der Waals surface area (Å²) in [6.07, 6.45) is 1.54. The van der Waals surface area contributed by atoms with E-state index in [1.165, 1.54) is 0 Å². The highest BCUT2D eigenvalue weighted by atomic mass is 32.2. The highest BCUT2D eigenvalue weighted by molar-refractivity contribution is 7.99. The number of carbonyl (C=O) groups is 2. The van der Waals surface area contributed by atoms with E-state index in [-0.39, 0.29) is 17.1 Å². The van der Waals surface area contributed by atoms with E-state index in [9.17, 15) is 9.59 Å². The molecule has 1 N–H and O–H groups in total. The zero-order chi connectivity index (χ0) is 14.7. The second-order valence-corrected chi connectivity index (χ2v) is 6.10. The van der Waals surface area contributed by atoms with E-state index in [2.05, 4.69) is 19.2 Å². The van der Waals surface area contributed by atoms with Crippen molar-refractivity contribution in [2.75, 3.05) is 19.0 Å². The van der Waals surface area contributed by atoms with Gasteiger partial charge >= 0.3 is 0 Å². The molecule has 0 fully saturated rings. The van der Waals surface area contributed by atoms with Crippen molar-refractivity contribution >= 4 is 23.5 Å². The first-order valence-corrected chi connectivity index (χ1v) is 8.00. The second-order valence-electron chi connectivity index (χ2n) is 4.86. The molecule has 0 aromatic rings. The molecule has 1 unspecified atom stereocenters. The fourth-order valence-corrected chi connectivity index (χ4v) is 2.58. The predicted molar refractivity (Wildman–Crippen MR) is 80.3 cm³/mol. The molecule has 0 heterocycles. The summed E-state index contributed by atoms with van der Waals surface area (Å²) in [4.78, 5) is 22.6. The third kappa shape index (κ3) is 11.0. The lowest BCUT2D eigenvalue weighted by atomic mass is 10.1. The van der Waals surface area contributed by atoms with Crippen molar-refractivity contribution in [3.8, 4) is 0 Å². The van der Waals surface area contributed by atoms with Gasteiger partial charge in [-0.3, -0.25) is 4.79 Å². The predicted octanol–water partition coefficient (Wildman–Crippen LogP) is 2.61. The van der Waals surface area contributed by atoms with Crippen LogP contribution in [0.5, 0.6) is 0 Å². The maximum Gasteiger partial charge on any atom is 0.220 e. The summed E-state index contributed by atoms with van der Waals surface area (Å²) >= 11 is 1.71. The van der Waals surface area contributed by atoms with Gasteiger partial charge in [0, 0.05) is 25.2 Å². The minimum absolute atomic E-state index is 0.0314. The molecule has 112 valence electrons. The van der Waals surface area contributed by atoms with Crippen LogP contribution in [0, 0.1) is 5.92 Å². The van der Waals surface area contributed by atoms with Gasteiger partial charge in [0.05, 0.1) is 12.0 Å². The molecule has 1 atom stereocenters. The van der Waals surface area contributed by atoms with Gasteiger partial charge in [-0.05, 0) is 26.2 Å². The van der Waals surface area contributed by atoms with Crippen molar-refractivity contribution in [2.24, 2.45) is 5.92 Å². The first kappa shape index (κ1) is 18.4. The first-order chi connectivity index (χ1) is 8.97. The topological polar surface area (TPSA) is 55.4 Å². The number of ether oxygens (including phenoxy) is 1. The molecular weight excluding hydrogens is 262 g/mol. The molecule has 0 spiro atoms. The van der Waals surface area contributed by atoms with Crippen molar-refractivity contribution in [1.82, 2.24) is 5.32 Å². The van der Waals surface area contributed by atoms with Gasteiger partial charge in [0.15, 0.2) is 0 Å². The number of nitrogens with one attached hydrogen (secondary N) is 1. The Hall–Kier alpha value is -0.550. The summed E-state index contributed by atoms with van der Waals surface area (Å²) in [6.45, 7) is 9.15. The number of rotatable bonds is 11. The van der Waals surface area contributed by atoms with Gasteiger partial charge in [-0.15, -0.1) is 11.8 Å². The van der Waals surface area contributed by atoms with Crippen molar-refractivity contribution in [1.29, 1.82) is 0 Å². The Morgan fingerprint density at radius 2 is 1.95 bits per heavy atom. The third-order valence-corrected chi connectivity index (χ3v) is 3.99. The summed E-state index contributed by atoms with van der Waals surface area (Å²) in [7, 11) is 0. The summed E-state index contributed by atoms with van der Waals surface area (Å²) in [5, 5.41) is 3.14. The maximum absolute atomic E-state index is 11.8. The van der Waals surface area contributed by atoms with Gasteiger partial charge in [0.1, 0.15) is 5.78 Å². The average Bonchev–Trinajstić information content (AvgIpc) is 2.32. The summed E-state index contributed by atoms with van der Waals surface area (Å²) in [5.41, 5.74) is 0. The van der Waals surface area contributed by atoms with Crippen molar-refractivity contribution in [3.05, 3.63) is 0 Å². The largest absolute Gasteiger partial charge is 0.381 e. The molecule has 0 radical (unpaired) electrons. The smallest absolute Gasteiger partial charge is 0.220 e. The standard InChI is InChI=1S/C14H27NO3S/c1-5-18-9-10-19-14(11(2)3)15-13(17)8-6-7-12(4)16/h11,14H,5-10H2,1-4H3,(H,15,17). The van der Waals surface area contributed by atoms with Crippen LogP contribution in [0.4, 0.5) is 0 Å². The Balaban J connectivity index is 3.91. The Morgan fingerprint density at radius 1 is 1.26 bits per heavy atom. The number of Topliss-reactive ketones (excluding diaryl/α,β-unsaturated/α-hetero) is 1. The lowest BCUT2D eigenvalue weighted by Gasteiger charge is -2.22. The molecule has 0 aromatic carbocycles. The van der Waals surface area contributed by atoms with Crippen LogP contribution in [-0.2, 0) is 14.3 Å². The monoisotopic (exact) mass is 289 g/mol. The zero-order valence-corrected chi connectivity index (χ0v) is 13.3. The number of carbonyl (C=O) groups excluding carboxylic acids is 2. The number of thioether (sulfide) groups is 1. The van der Waals surface area contributed by atoms with Gasteiger partial charge in [0.25, 0.3) is 0 Å². The van der Waals surface area contributed by atoms with Crippen LogP contribution in [0.1, 0.15) is 47.0 Å². The molecule has 0 aromatic heterocycles. The van der Waals surface area contributed by atoms with E-state index in [0.717, 1.165) is 12.4 Å². The number of hydrogen-bond donors (Lipinski definition) is 1. The number of ketones is 1. The molecule has 5 heteroatoms. The molecule has 0 aliphatic rings. The Morgan fingerprint density at radius 3 is 2.47 bits per heavy atom. The summed E-state index contributed by atoms with van der Waals surface area (Å²) in [5.74, 6) is 1.43. The molecule has 0 aliphatic heterocycles. The zero-order valence-electron chi connectivity index (χ0n) is 12.5. The fourth-order valence-electron chi connectivity index (χ4n) is 1.51.